The molecule has 3 N–H and O–H groups in total. The lowest BCUT2D eigenvalue weighted by Crippen LogP contribution is -2.37. The fourth-order valence-electron chi connectivity index (χ4n) is 2.40. The predicted molar refractivity (Wildman–Crippen MR) is 74.9 cm³/mol. The molecule has 0 aliphatic carbocycles. The predicted octanol–water partition coefficient (Wildman–Crippen LogP) is 3.82. The highest BCUT2D eigenvalue weighted by atomic mass is 35.5. The number of hydrogen-bond acceptors (Lipinski definition) is 2. The molecule has 0 radical (unpaired) electrons. The third-order valence-electron chi connectivity index (χ3n) is 3.58. The van der Waals surface area contributed by atoms with E-state index in [0.717, 1.165) is 12.1 Å². The largest absolute Gasteiger partial charge is 0.396 e. The number of hydrogen-bond donors (Lipinski definition) is 2. The lowest BCUT2D eigenvalue weighted by Gasteiger charge is -2.29. The standard InChI is InChI=1S/C13H18Cl2N2/c1-8(12-4-2-3-5-17-12)9-6-10(14)13(16)11(15)7-9/h6-8,12,17H,2-5,16H2,1H3. The summed E-state index contributed by atoms with van der Waals surface area (Å²) in [5.41, 5.74) is 7.38. The quantitative estimate of drug-likeness (QED) is 0.804. The summed E-state index contributed by atoms with van der Waals surface area (Å²) in [4.78, 5) is 0. The molecule has 0 saturated carbocycles. The van der Waals surface area contributed by atoms with Gasteiger partial charge in [-0.3, -0.25) is 0 Å². The van der Waals surface area contributed by atoms with Gasteiger partial charge in [-0.2, -0.15) is 0 Å². The van der Waals surface area contributed by atoms with Gasteiger partial charge in [-0.15, -0.1) is 0 Å². The molecule has 2 nitrogen and oxygen atoms in total. The average molecular weight is 273 g/mol. The van der Waals surface area contributed by atoms with Crippen molar-refractivity contribution in [2.24, 2.45) is 0 Å². The van der Waals surface area contributed by atoms with Gasteiger partial charge >= 0.3 is 0 Å². The maximum absolute atomic E-state index is 6.07. The van der Waals surface area contributed by atoms with Crippen molar-refractivity contribution in [1.82, 2.24) is 5.32 Å². The van der Waals surface area contributed by atoms with E-state index < -0.39 is 0 Å². The summed E-state index contributed by atoms with van der Waals surface area (Å²) in [6, 6.07) is 4.38. The molecule has 0 spiro atoms. The van der Waals surface area contributed by atoms with E-state index in [1.807, 2.05) is 12.1 Å². The van der Waals surface area contributed by atoms with Crippen molar-refractivity contribution in [1.29, 1.82) is 0 Å². The van der Waals surface area contributed by atoms with Crippen LogP contribution in [-0.2, 0) is 0 Å². The number of piperidine rings is 1. The topological polar surface area (TPSA) is 38.0 Å². The Hall–Kier alpha value is -0.440. The van der Waals surface area contributed by atoms with Crippen LogP contribution < -0.4 is 11.1 Å². The molecule has 2 atom stereocenters. The van der Waals surface area contributed by atoms with Crippen LogP contribution in [0.25, 0.3) is 0 Å². The Kier molecular flexibility index (Phi) is 4.18. The van der Waals surface area contributed by atoms with E-state index in [4.69, 9.17) is 28.9 Å². The van der Waals surface area contributed by atoms with Crippen LogP contribution in [-0.4, -0.2) is 12.6 Å². The molecule has 1 aliphatic rings. The molecule has 1 aliphatic heterocycles. The molecule has 4 heteroatoms. The molecule has 1 aromatic carbocycles. The number of nitrogens with one attached hydrogen (secondary N) is 1. The highest BCUT2D eigenvalue weighted by Crippen LogP contribution is 2.34. The van der Waals surface area contributed by atoms with E-state index in [2.05, 4.69) is 12.2 Å². The van der Waals surface area contributed by atoms with Gasteiger partial charge in [0.1, 0.15) is 0 Å². The normalized spacial score (nSPS) is 22.4. The molecule has 1 fully saturated rings. The highest BCUT2D eigenvalue weighted by Gasteiger charge is 2.21. The Balaban J connectivity index is 2.21. The van der Waals surface area contributed by atoms with Crippen LogP contribution in [0.4, 0.5) is 5.69 Å². The van der Waals surface area contributed by atoms with Crippen LogP contribution in [0, 0.1) is 0 Å². The summed E-state index contributed by atoms with van der Waals surface area (Å²) in [6.45, 7) is 3.31. The van der Waals surface area contributed by atoms with Gasteiger partial charge in [0.15, 0.2) is 0 Å². The zero-order valence-corrected chi connectivity index (χ0v) is 11.5. The number of rotatable bonds is 2. The molecule has 1 aromatic rings. The molecular formula is C13H18Cl2N2. The van der Waals surface area contributed by atoms with E-state index in [1.165, 1.54) is 19.3 Å². The molecule has 1 heterocycles. The number of nitrogen functional groups attached to an aromatic ring is 1. The fourth-order valence-corrected chi connectivity index (χ4v) is 2.91. The van der Waals surface area contributed by atoms with Crippen molar-refractivity contribution in [3.63, 3.8) is 0 Å². The summed E-state index contributed by atoms with van der Waals surface area (Å²) in [5, 5.41) is 4.66. The van der Waals surface area contributed by atoms with Crippen molar-refractivity contribution >= 4 is 28.9 Å². The van der Waals surface area contributed by atoms with E-state index in [1.54, 1.807) is 0 Å². The monoisotopic (exact) mass is 272 g/mol. The minimum absolute atomic E-state index is 0.408. The van der Waals surface area contributed by atoms with Gasteiger partial charge in [-0.05, 0) is 43.0 Å². The molecule has 0 aromatic heterocycles. The first-order valence-electron chi connectivity index (χ1n) is 6.07. The van der Waals surface area contributed by atoms with Crippen molar-refractivity contribution < 1.29 is 0 Å². The van der Waals surface area contributed by atoms with Crippen molar-refractivity contribution in [2.45, 2.75) is 38.1 Å². The van der Waals surface area contributed by atoms with Crippen LogP contribution in [0.2, 0.25) is 10.0 Å². The Morgan fingerprint density at radius 3 is 2.47 bits per heavy atom. The van der Waals surface area contributed by atoms with Crippen LogP contribution in [0.3, 0.4) is 0 Å². The smallest absolute Gasteiger partial charge is 0.0693 e. The molecule has 17 heavy (non-hydrogen) atoms. The van der Waals surface area contributed by atoms with Crippen LogP contribution in [0.1, 0.15) is 37.7 Å². The molecule has 0 bridgehead atoms. The summed E-state index contributed by atoms with van der Waals surface area (Å²) < 4.78 is 0. The lowest BCUT2D eigenvalue weighted by molar-refractivity contribution is 0.361. The highest BCUT2D eigenvalue weighted by molar-refractivity contribution is 6.38. The van der Waals surface area contributed by atoms with Gasteiger partial charge in [0.25, 0.3) is 0 Å². The van der Waals surface area contributed by atoms with Gasteiger partial charge in [0.05, 0.1) is 15.7 Å². The summed E-state index contributed by atoms with van der Waals surface area (Å²) >= 11 is 12.1. The van der Waals surface area contributed by atoms with Crippen LogP contribution in [0.5, 0.6) is 0 Å². The lowest BCUT2D eigenvalue weighted by atomic mass is 9.88. The minimum Gasteiger partial charge on any atom is -0.396 e. The number of anilines is 1. The third-order valence-corrected chi connectivity index (χ3v) is 4.20. The van der Waals surface area contributed by atoms with Crippen molar-refractivity contribution in [3.05, 3.63) is 27.7 Å². The van der Waals surface area contributed by atoms with Gasteiger partial charge in [-0.1, -0.05) is 36.5 Å². The molecular weight excluding hydrogens is 255 g/mol. The van der Waals surface area contributed by atoms with E-state index in [-0.39, 0.29) is 0 Å². The summed E-state index contributed by atoms with van der Waals surface area (Å²) in [7, 11) is 0. The number of benzene rings is 1. The van der Waals surface area contributed by atoms with Gasteiger partial charge in [0.2, 0.25) is 0 Å². The zero-order chi connectivity index (χ0) is 12.4. The van der Waals surface area contributed by atoms with Gasteiger partial charge in [0, 0.05) is 6.04 Å². The molecule has 2 rings (SSSR count). The van der Waals surface area contributed by atoms with E-state index >= 15 is 0 Å². The Morgan fingerprint density at radius 1 is 1.29 bits per heavy atom. The maximum atomic E-state index is 6.07. The molecule has 0 amide bonds. The summed E-state index contributed by atoms with van der Waals surface area (Å²) in [6.07, 6.45) is 3.77. The number of nitrogens with two attached hydrogens (primary N) is 1. The molecule has 1 saturated heterocycles. The second-order valence-corrected chi connectivity index (χ2v) is 5.56. The van der Waals surface area contributed by atoms with Crippen molar-refractivity contribution in [3.8, 4) is 0 Å². The Morgan fingerprint density at radius 2 is 1.94 bits per heavy atom. The molecule has 94 valence electrons. The third kappa shape index (κ3) is 2.87. The van der Waals surface area contributed by atoms with E-state index in [0.29, 0.717) is 27.7 Å². The summed E-state index contributed by atoms with van der Waals surface area (Å²) in [5.74, 6) is 0.408. The van der Waals surface area contributed by atoms with Crippen LogP contribution >= 0.6 is 23.2 Å². The second kappa shape index (κ2) is 5.47. The zero-order valence-electron chi connectivity index (χ0n) is 9.97. The van der Waals surface area contributed by atoms with Gasteiger partial charge < -0.3 is 11.1 Å². The minimum atomic E-state index is 0.408. The second-order valence-electron chi connectivity index (χ2n) is 4.74. The first-order chi connectivity index (χ1) is 8.09. The van der Waals surface area contributed by atoms with Crippen LogP contribution in [0.15, 0.2) is 12.1 Å². The SMILES string of the molecule is CC(c1cc(Cl)c(N)c(Cl)c1)C1CCCCN1. The Bertz CT molecular complexity index is 377. The fraction of sp³-hybridized carbons (Fsp3) is 0.538. The number of halogens is 2. The maximum Gasteiger partial charge on any atom is 0.0693 e. The Labute approximate surface area is 112 Å². The van der Waals surface area contributed by atoms with Crippen molar-refractivity contribution in [2.75, 3.05) is 12.3 Å². The molecule has 2 unspecified atom stereocenters. The van der Waals surface area contributed by atoms with Gasteiger partial charge in [-0.25, -0.2) is 0 Å². The van der Waals surface area contributed by atoms with E-state index in [9.17, 15) is 0 Å². The first-order valence-corrected chi connectivity index (χ1v) is 6.83. The first kappa shape index (κ1) is 13.0. The average Bonchev–Trinajstić information content (AvgIpc) is 2.35.